The zero-order chi connectivity index (χ0) is 37.0. The van der Waals surface area contributed by atoms with E-state index in [1.54, 1.807) is 0 Å². The number of benzene rings is 7. The second kappa shape index (κ2) is 13.0. The summed E-state index contributed by atoms with van der Waals surface area (Å²) < 4.78 is 13.2. The van der Waals surface area contributed by atoms with Crippen molar-refractivity contribution in [3.05, 3.63) is 188 Å². The Kier molecular flexibility index (Phi) is 7.42. The highest BCUT2D eigenvalue weighted by atomic mass is 16.3. The maximum absolute atomic E-state index is 6.70. The van der Waals surface area contributed by atoms with Crippen molar-refractivity contribution in [1.82, 2.24) is 15.0 Å². The molecule has 0 bridgehead atoms. The molecule has 56 heavy (non-hydrogen) atoms. The minimum Gasteiger partial charge on any atom is -0.455 e. The Morgan fingerprint density at radius 1 is 0.339 bits per heavy atom. The van der Waals surface area contributed by atoms with Gasteiger partial charge in [0.05, 0.1) is 17.1 Å². The van der Waals surface area contributed by atoms with Crippen LogP contribution in [0.2, 0.25) is 0 Å². The van der Waals surface area contributed by atoms with Gasteiger partial charge in [-0.05, 0) is 53.6 Å². The van der Waals surface area contributed by atoms with Crippen LogP contribution in [0, 0.1) is 0 Å². The number of aromatic nitrogens is 3. The van der Waals surface area contributed by atoms with E-state index in [1.165, 1.54) is 0 Å². The van der Waals surface area contributed by atoms with Crippen molar-refractivity contribution in [3.8, 4) is 67.4 Å². The zero-order valence-corrected chi connectivity index (χ0v) is 30.1. The predicted molar refractivity (Wildman–Crippen MR) is 227 cm³/mol. The number of furan rings is 2. The molecule has 5 nitrogen and oxygen atoms in total. The molecule has 0 fully saturated rings. The van der Waals surface area contributed by atoms with Gasteiger partial charge < -0.3 is 8.83 Å². The monoisotopic (exact) mass is 717 g/mol. The Hall–Kier alpha value is -7.63. The number of hydrogen-bond acceptors (Lipinski definition) is 5. The normalized spacial score (nSPS) is 11.6. The quantitative estimate of drug-likeness (QED) is 0.171. The molecule has 4 heterocycles. The van der Waals surface area contributed by atoms with Crippen LogP contribution in [0.15, 0.2) is 197 Å². The van der Waals surface area contributed by atoms with Gasteiger partial charge in [-0.25, -0.2) is 9.97 Å². The van der Waals surface area contributed by atoms with Crippen LogP contribution in [-0.4, -0.2) is 15.0 Å². The van der Waals surface area contributed by atoms with Crippen molar-refractivity contribution in [3.63, 3.8) is 0 Å². The van der Waals surface area contributed by atoms with E-state index >= 15 is 0 Å². The van der Waals surface area contributed by atoms with Gasteiger partial charge in [0.2, 0.25) is 0 Å². The van der Waals surface area contributed by atoms with Crippen LogP contribution in [0.4, 0.5) is 0 Å². The lowest BCUT2D eigenvalue weighted by atomic mass is 9.93. The maximum atomic E-state index is 6.70. The molecule has 0 N–H and O–H groups in total. The van der Waals surface area contributed by atoms with Gasteiger partial charge in [-0.15, -0.1) is 0 Å². The van der Waals surface area contributed by atoms with Crippen molar-refractivity contribution >= 4 is 43.9 Å². The molecule has 11 rings (SSSR count). The van der Waals surface area contributed by atoms with E-state index in [0.717, 1.165) is 105 Å². The van der Waals surface area contributed by atoms with E-state index in [2.05, 4.69) is 126 Å². The van der Waals surface area contributed by atoms with E-state index in [-0.39, 0.29) is 0 Å². The summed E-state index contributed by atoms with van der Waals surface area (Å²) in [5.74, 6) is 0.657. The van der Waals surface area contributed by atoms with E-state index in [9.17, 15) is 0 Å². The molecule has 11 aromatic rings. The highest BCUT2D eigenvalue weighted by Gasteiger charge is 2.21. The standard InChI is InChI=1S/C51H31N3O2/c1-2-12-33(13-3-1)44-31-45(36-15-10-14-35(30-36)43-20-8-9-29-52-43)54-51(53-44)34-25-23-32(24-26-34)37-27-28-41(50-48(37)42-17-5-7-22-47(42)56-50)40-19-11-18-39-38-16-4-6-21-46(38)55-49(39)40/h1-31H. The van der Waals surface area contributed by atoms with Crippen LogP contribution in [0.5, 0.6) is 0 Å². The maximum Gasteiger partial charge on any atom is 0.160 e. The Labute approximate surface area is 322 Å². The number of pyridine rings is 1. The lowest BCUT2D eigenvalue weighted by Gasteiger charge is -2.12. The molecule has 4 aromatic heterocycles. The van der Waals surface area contributed by atoms with Crippen LogP contribution >= 0.6 is 0 Å². The van der Waals surface area contributed by atoms with Crippen LogP contribution < -0.4 is 0 Å². The van der Waals surface area contributed by atoms with Crippen LogP contribution in [-0.2, 0) is 0 Å². The van der Waals surface area contributed by atoms with E-state index in [4.69, 9.17) is 18.8 Å². The first-order valence-corrected chi connectivity index (χ1v) is 18.7. The molecule has 7 aromatic carbocycles. The second-order valence-electron chi connectivity index (χ2n) is 13.9. The first-order valence-electron chi connectivity index (χ1n) is 18.7. The van der Waals surface area contributed by atoms with Crippen molar-refractivity contribution in [2.75, 3.05) is 0 Å². The predicted octanol–water partition coefficient (Wildman–Crippen LogP) is 13.7. The lowest BCUT2D eigenvalue weighted by Crippen LogP contribution is -1.96. The van der Waals surface area contributed by atoms with Gasteiger partial charge in [0, 0.05) is 61.1 Å². The number of nitrogens with zero attached hydrogens (tertiary/aromatic N) is 3. The van der Waals surface area contributed by atoms with Crippen LogP contribution in [0.3, 0.4) is 0 Å². The largest absolute Gasteiger partial charge is 0.455 e. The molecule has 0 unspecified atom stereocenters. The van der Waals surface area contributed by atoms with Gasteiger partial charge in [0.1, 0.15) is 22.3 Å². The molecular weight excluding hydrogens is 687 g/mol. The second-order valence-corrected chi connectivity index (χ2v) is 13.9. The lowest BCUT2D eigenvalue weighted by molar-refractivity contribution is 0.665. The van der Waals surface area contributed by atoms with E-state index in [0.29, 0.717) is 5.82 Å². The van der Waals surface area contributed by atoms with Gasteiger partial charge in [0.15, 0.2) is 5.82 Å². The minimum atomic E-state index is 0.657. The fourth-order valence-electron chi connectivity index (χ4n) is 7.89. The third-order valence-electron chi connectivity index (χ3n) is 10.6. The van der Waals surface area contributed by atoms with Crippen molar-refractivity contribution in [2.24, 2.45) is 0 Å². The van der Waals surface area contributed by atoms with Crippen molar-refractivity contribution < 1.29 is 8.83 Å². The van der Waals surface area contributed by atoms with Gasteiger partial charge in [-0.1, -0.05) is 140 Å². The Balaban J connectivity index is 1.04. The number of rotatable bonds is 6. The molecule has 0 amide bonds. The molecule has 0 spiro atoms. The Bertz CT molecular complexity index is 3240. The summed E-state index contributed by atoms with van der Waals surface area (Å²) in [6, 6.07) is 62.4. The molecule has 0 aliphatic carbocycles. The highest BCUT2D eigenvalue weighted by molar-refractivity contribution is 6.18. The van der Waals surface area contributed by atoms with Gasteiger partial charge >= 0.3 is 0 Å². The molecule has 0 radical (unpaired) electrons. The van der Waals surface area contributed by atoms with Crippen molar-refractivity contribution in [1.29, 1.82) is 0 Å². The smallest absolute Gasteiger partial charge is 0.160 e. The molecule has 0 aliphatic rings. The summed E-state index contributed by atoms with van der Waals surface area (Å²) in [6.45, 7) is 0. The van der Waals surface area contributed by atoms with E-state index in [1.807, 2.05) is 66.9 Å². The number of para-hydroxylation sites is 3. The highest BCUT2D eigenvalue weighted by Crippen LogP contribution is 2.44. The molecule has 0 atom stereocenters. The van der Waals surface area contributed by atoms with Crippen LogP contribution in [0.1, 0.15) is 0 Å². The summed E-state index contributed by atoms with van der Waals surface area (Å²) in [5, 5.41) is 4.32. The SMILES string of the molecule is c1ccc(-c2cc(-c3cccc(-c4ccccn4)c3)nc(-c3ccc(-c4ccc(-c5cccc6c5oc5ccccc56)c5oc6ccccc6c45)cc3)n2)cc1. The fraction of sp³-hybridized carbons (Fsp3) is 0. The first-order chi connectivity index (χ1) is 27.7. The minimum absolute atomic E-state index is 0.657. The van der Waals surface area contributed by atoms with Gasteiger partial charge in [0.25, 0.3) is 0 Å². The summed E-state index contributed by atoms with van der Waals surface area (Å²) in [5.41, 5.74) is 14.2. The van der Waals surface area contributed by atoms with E-state index < -0.39 is 0 Å². The zero-order valence-electron chi connectivity index (χ0n) is 30.1. The number of fused-ring (bicyclic) bond motifs is 6. The molecule has 262 valence electrons. The summed E-state index contributed by atoms with van der Waals surface area (Å²) >= 11 is 0. The van der Waals surface area contributed by atoms with Crippen molar-refractivity contribution in [2.45, 2.75) is 0 Å². The first kappa shape index (κ1) is 31.9. The third kappa shape index (κ3) is 5.37. The molecule has 0 saturated carbocycles. The molecule has 0 saturated heterocycles. The molecule has 5 heteroatoms. The van der Waals surface area contributed by atoms with Crippen LogP contribution in [0.25, 0.3) is 111 Å². The van der Waals surface area contributed by atoms with Gasteiger partial charge in [-0.3, -0.25) is 4.98 Å². The third-order valence-corrected chi connectivity index (χ3v) is 10.6. The average Bonchev–Trinajstić information content (AvgIpc) is 3.86. The summed E-state index contributed by atoms with van der Waals surface area (Å²) in [6.07, 6.45) is 1.82. The fourth-order valence-corrected chi connectivity index (χ4v) is 7.89. The Morgan fingerprint density at radius 2 is 0.929 bits per heavy atom. The number of hydrogen-bond donors (Lipinski definition) is 0. The topological polar surface area (TPSA) is 65.0 Å². The Morgan fingerprint density at radius 3 is 1.73 bits per heavy atom. The summed E-state index contributed by atoms with van der Waals surface area (Å²) in [4.78, 5) is 14.8. The van der Waals surface area contributed by atoms with Gasteiger partial charge in [-0.2, -0.15) is 0 Å². The molecule has 0 aliphatic heterocycles. The molecular formula is C51H31N3O2. The summed E-state index contributed by atoms with van der Waals surface area (Å²) in [7, 11) is 0. The average molecular weight is 718 g/mol.